The van der Waals surface area contributed by atoms with Crippen LogP contribution in [0.15, 0.2) is 107 Å². The highest BCUT2D eigenvalue weighted by Crippen LogP contribution is 2.30. The Hall–Kier alpha value is -3.77. The Labute approximate surface area is 196 Å². The van der Waals surface area contributed by atoms with Crippen molar-refractivity contribution in [1.82, 2.24) is 0 Å². The molecule has 0 fully saturated rings. The van der Waals surface area contributed by atoms with Crippen LogP contribution in [0.4, 0.5) is 5.69 Å². The summed E-state index contributed by atoms with van der Waals surface area (Å²) in [6, 6.07) is 26.6. The predicted molar refractivity (Wildman–Crippen MR) is 132 cm³/mol. The molecule has 0 bridgehead atoms. The summed E-state index contributed by atoms with van der Waals surface area (Å²) in [6.45, 7) is 1.48. The zero-order chi connectivity index (χ0) is 23.6. The molecule has 0 aliphatic rings. The fraction of sp³-hybridized carbons (Fsp3) is 0.111. The van der Waals surface area contributed by atoms with E-state index in [4.69, 9.17) is 0 Å². The fourth-order valence-corrected chi connectivity index (χ4v) is 4.30. The van der Waals surface area contributed by atoms with E-state index >= 15 is 0 Å². The summed E-state index contributed by atoms with van der Waals surface area (Å²) in [7, 11) is -0.411. The lowest BCUT2D eigenvalue weighted by Gasteiger charge is -2.26. The number of esters is 1. The molecule has 33 heavy (non-hydrogen) atoms. The van der Waals surface area contributed by atoms with Gasteiger partial charge in [0.25, 0.3) is 0 Å². The lowest BCUT2D eigenvalue weighted by molar-refractivity contribution is -0.134. The standard InChI is InChI=1S/C27H25NO4S/c1-21(29)28(25-15-9-10-16-26(25)33(31)18-17-27(30)32-2)24(19-22-11-5-3-6-12-22)20-23-13-7-4-8-14-23/h3-19H,20H2,1-2H3/b18-17+,24-19-. The number of para-hydroxylation sites is 1. The first-order valence-electron chi connectivity index (χ1n) is 10.4. The number of nitrogens with zero attached hydrogens (tertiary/aromatic N) is 1. The quantitative estimate of drug-likeness (QED) is 0.347. The van der Waals surface area contributed by atoms with Crippen LogP contribution in [-0.4, -0.2) is 23.2 Å². The Balaban J connectivity index is 2.11. The average molecular weight is 460 g/mol. The van der Waals surface area contributed by atoms with E-state index in [-0.39, 0.29) is 5.91 Å². The minimum Gasteiger partial charge on any atom is -0.466 e. The number of hydrogen-bond donors (Lipinski definition) is 0. The molecule has 168 valence electrons. The highest BCUT2D eigenvalue weighted by molar-refractivity contribution is 7.88. The van der Waals surface area contributed by atoms with E-state index in [9.17, 15) is 13.8 Å². The number of ether oxygens (including phenoxy) is 1. The van der Waals surface area contributed by atoms with Crippen molar-refractivity contribution in [2.75, 3.05) is 12.0 Å². The van der Waals surface area contributed by atoms with Gasteiger partial charge in [0.15, 0.2) is 0 Å². The Kier molecular flexibility index (Phi) is 8.49. The topological polar surface area (TPSA) is 63.7 Å². The number of amides is 1. The maximum absolute atomic E-state index is 13.0. The number of carbonyl (C=O) groups excluding carboxylic acids is 2. The molecule has 0 spiro atoms. The number of benzene rings is 3. The maximum Gasteiger partial charge on any atom is 0.331 e. The highest BCUT2D eigenvalue weighted by Gasteiger charge is 2.22. The van der Waals surface area contributed by atoms with Gasteiger partial charge < -0.3 is 4.74 Å². The molecule has 0 N–H and O–H groups in total. The van der Waals surface area contributed by atoms with Crippen LogP contribution in [0.1, 0.15) is 18.1 Å². The van der Waals surface area contributed by atoms with E-state index in [0.29, 0.717) is 17.0 Å². The van der Waals surface area contributed by atoms with Gasteiger partial charge in [0.2, 0.25) is 5.91 Å². The van der Waals surface area contributed by atoms with Crippen molar-refractivity contribution >= 4 is 34.4 Å². The van der Waals surface area contributed by atoms with E-state index in [0.717, 1.165) is 22.9 Å². The van der Waals surface area contributed by atoms with E-state index < -0.39 is 16.8 Å². The molecular formula is C27H25NO4S. The Bertz CT molecular complexity index is 1190. The maximum atomic E-state index is 13.0. The SMILES string of the molecule is COC(=O)/C=C/S(=O)c1ccccc1N(C(C)=O)/C(=C\c1ccccc1)Cc1ccccc1. The number of hydrogen-bond acceptors (Lipinski definition) is 4. The van der Waals surface area contributed by atoms with Gasteiger partial charge in [0.05, 0.1) is 28.5 Å². The number of allylic oxidation sites excluding steroid dienone is 1. The average Bonchev–Trinajstić information content (AvgIpc) is 2.83. The van der Waals surface area contributed by atoms with Crippen molar-refractivity contribution < 1.29 is 18.5 Å². The smallest absolute Gasteiger partial charge is 0.331 e. The molecule has 0 saturated heterocycles. The first-order chi connectivity index (χ1) is 16.0. The Morgan fingerprint density at radius 2 is 1.52 bits per heavy atom. The van der Waals surface area contributed by atoms with Crippen molar-refractivity contribution in [1.29, 1.82) is 0 Å². The van der Waals surface area contributed by atoms with Crippen LogP contribution >= 0.6 is 0 Å². The molecule has 5 nitrogen and oxygen atoms in total. The van der Waals surface area contributed by atoms with Gasteiger partial charge in [0.1, 0.15) is 0 Å². The van der Waals surface area contributed by atoms with Crippen LogP contribution < -0.4 is 4.90 Å². The summed E-state index contributed by atoms with van der Waals surface area (Å²) >= 11 is 0. The minimum absolute atomic E-state index is 0.213. The molecule has 0 heterocycles. The molecule has 0 aliphatic carbocycles. The lowest BCUT2D eigenvalue weighted by Crippen LogP contribution is -2.29. The van der Waals surface area contributed by atoms with Gasteiger partial charge in [0, 0.05) is 30.5 Å². The summed E-state index contributed by atoms with van der Waals surface area (Å²) in [5.74, 6) is -0.812. The highest BCUT2D eigenvalue weighted by atomic mass is 32.2. The lowest BCUT2D eigenvalue weighted by atomic mass is 10.1. The van der Waals surface area contributed by atoms with Crippen molar-refractivity contribution in [3.63, 3.8) is 0 Å². The number of rotatable bonds is 8. The third-order valence-corrected chi connectivity index (χ3v) is 5.98. The van der Waals surface area contributed by atoms with Crippen LogP contribution in [0.5, 0.6) is 0 Å². The third-order valence-electron chi connectivity index (χ3n) is 4.81. The molecule has 0 radical (unpaired) electrons. The first kappa shape index (κ1) is 23.9. The molecule has 3 aromatic carbocycles. The minimum atomic E-state index is -1.67. The van der Waals surface area contributed by atoms with Gasteiger partial charge >= 0.3 is 5.97 Å². The summed E-state index contributed by atoms with van der Waals surface area (Å²) in [5, 5.41) is 1.26. The second-order valence-corrected chi connectivity index (χ2v) is 8.46. The van der Waals surface area contributed by atoms with E-state index in [2.05, 4.69) is 4.74 Å². The van der Waals surface area contributed by atoms with Gasteiger partial charge in [-0.05, 0) is 29.3 Å². The van der Waals surface area contributed by atoms with Gasteiger partial charge in [-0.25, -0.2) is 9.00 Å². The first-order valence-corrected chi connectivity index (χ1v) is 11.6. The molecule has 6 heteroatoms. The molecule has 1 unspecified atom stereocenters. The van der Waals surface area contributed by atoms with Gasteiger partial charge in [-0.2, -0.15) is 0 Å². The summed E-state index contributed by atoms with van der Waals surface area (Å²) < 4.78 is 17.6. The molecule has 0 saturated carbocycles. The van der Waals surface area contributed by atoms with E-state index in [1.807, 2.05) is 66.7 Å². The number of carbonyl (C=O) groups is 2. The third kappa shape index (κ3) is 6.60. The normalized spacial score (nSPS) is 12.4. The Morgan fingerprint density at radius 1 is 0.909 bits per heavy atom. The van der Waals surface area contributed by atoms with Crippen LogP contribution in [0.3, 0.4) is 0 Å². The largest absolute Gasteiger partial charge is 0.466 e. The molecule has 1 amide bonds. The van der Waals surface area contributed by atoms with Crippen molar-refractivity contribution in [2.45, 2.75) is 18.2 Å². The van der Waals surface area contributed by atoms with Gasteiger partial charge in [-0.3, -0.25) is 9.69 Å². The van der Waals surface area contributed by atoms with Crippen molar-refractivity contribution in [3.8, 4) is 0 Å². The molecule has 3 aromatic rings. The number of methoxy groups -OCH3 is 1. The molecule has 0 aromatic heterocycles. The zero-order valence-electron chi connectivity index (χ0n) is 18.5. The van der Waals surface area contributed by atoms with Gasteiger partial charge in [-0.15, -0.1) is 0 Å². The molecule has 1 atom stereocenters. The second-order valence-electron chi connectivity index (χ2n) is 7.15. The molecule has 3 rings (SSSR count). The Morgan fingerprint density at radius 3 is 2.15 bits per heavy atom. The second kappa shape index (κ2) is 11.7. The summed E-state index contributed by atoms with van der Waals surface area (Å²) in [6.07, 6.45) is 3.57. The van der Waals surface area contributed by atoms with E-state index in [1.54, 1.807) is 29.2 Å². The summed E-state index contributed by atoms with van der Waals surface area (Å²) in [5.41, 5.74) is 3.21. The van der Waals surface area contributed by atoms with Crippen molar-refractivity contribution in [2.24, 2.45) is 0 Å². The number of anilines is 1. The van der Waals surface area contributed by atoms with Crippen molar-refractivity contribution in [3.05, 3.63) is 113 Å². The van der Waals surface area contributed by atoms with Crippen LogP contribution in [0.2, 0.25) is 0 Å². The fourth-order valence-electron chi connectivity index (χ4n) is 3.34. The zero-order valence-corrected chi connectivity index (χ0v) is 19.3. The summed E-state index contributed by atoms with van der Waals surface area (Å²) in [4.78, 5) is 26.4. The monoisotopic (exact) mass is 459 g/mol. The van der Waals surface area contributed by atoms with Crippen LogP contribution in [0.25, 0.3) is 6.08 Å². The predicted octanol–water partition coefficient (Wildman–Crippen LogP) is 5.12. The molecule has 0 aliphatic heterocycles. The van der Waals surface area contributed by atoms with Crippen LogP contribution in [-0.2, 0) is 31.5 Å². The van der Waals surface area contributed by atoms with E-state index in [1.165, 1.54) is 19.4 Å². The van der Waals surface area contributed by atoms with Crippen LogP contribution in [0, 0.1) is 0 Å². The molecular weight excluding hydrogens is 434 g/mol. The van der Waals surface area contributed by atoms with Gasteiger partial charge in [-0.1, -0.05) is 72.8 Å².